The van der Waals surface area contributed by atoms with Crippen molar-refractivity contribution in [3.63, 3.8) is 0 Å². The first kappa shape index (κ1) is 80.3. The first-order valence-electron chi connectivity index (χ1n) is 26.3. The molecule has 0 saturated heterocycles. The minimum atomic E-state index is -0.626. The number of carbonyl (C=O) groups excluding carboxylic acids is 1. The SMILES string of the molecule is C.CC(=N)c1ccc2c(Br)cc(Br)c(O)c2n1.CC(=N)c1ccc2c(I)cc(I)c(O)c2n1.CC(=O)c1ccc2c(I)cc(I)c(O)c2n1.CC(O)c1ccc2c(I)cc(I)c(O)c2n1.Cc1ccc2c(I)cc(I)c(O)c2n1.N#Cc1ccc2c(I)cc(I)c(O)c2n1. The van der Waals surface area contributed by atoms with Crippen molar-refractivity contribution in [3.05, 3.63) is 188 Å². The zero-order valence-corrected chi connectivity index (χ0v) is 72.9. The van der Waals surface area contributed by atoms with Gasteiger partial charge in [-0.1, -0.05) is 23.4 Å². The van der Waals surface area contributed by atoms with Crippen molar-refractivity contribution in [1.82, 2.24) is 29.9 Å². The normalized spacial score (nSPS) is 10.9. The van der Waals surface area contributed by atoms with Crippen LogP contribution in [0.3, 0.4) is 0 Å². The molecular formula is C65H47Br2I10N9O8. The monoisotopic (exact) mass is 2510 g/mol. The third-order valence-corrected chi connectivity index (χ3v) is 22.8. The van der Waals surface area contributed by atoms with Crippen molar-refractivity contribution < 1.29 is 40.5 Å². The molecule has 29 heteroatoms. The molecule has 0 spiro atoms. The van der Waals surface area contributed by atoms with Gasteiger partial charge >= 0.3 is 0 Å². The summed E-state index contributed by atoms with van der Waals surface area (Å²) < 4.78 is 10.6. The fraction of sp³-hybridized carbons (Fsp3) is 0.108. The van der Waals surface area contributed by atoms with E-state index in [2.05, 4.69) is 242 Å². The number of nitriles is 1. The smallest absolute Gasteiger partial charge is 0.178 e. The van der Waals surface area contributed by atoms with Crippen LogP contribution in [-0.4, -0.2) is 82.9 Å². The van der Waals surface area contributed by atoms with Gasteiger partial charge in [0.25, 0.3) is 0 Å². The molecule has 0 bridgehead atoms. The predicted octanol–water partition coefficient (Wildman–Crippen LogP) is 21.1. The molecule has 12 rings (SSSR count). The summed E-state index contributed by atoms with van der Waals surface area (Å²) >= 11 is 28.1. The maximum atomic E-state index is 11.2. The first-order chi connectivity index (χ1) is 43.7. The molecule has 0 saturated carbocycles. The van der Waals surface area contributed by atoms with Gasteiger partial charge in [0, 0.05) is 67.3 Å². The first-order valence-corrected chi connectivity index (χ1v) is 38.6. The summed E-state index contributed by atoms with van der Waals surface area (Å²) in [6.07, 6.45) is -0.626. The van der Waals surface area contributed by atoms with Crippen LogP contribution >= 0.6 is 258 Å². The van der Waals surface area contributed by atoms with Crippen LogP contribution < -0.4 is 0 Å². The lowest BCUT2D eigenvalue weighted by atomic mass is 10.1. The molecule has 0 amide bonds. The number of phenols is 6. The van der Waals surface area contributed by atoms with Crippen molar-refractivity contribution in [2.75, 3.05) is 0 Å². The van der Waals surface area contributed by atoms with E-state index in [1.807, 2.05) is 125 Å². The van der Waals surface area contributed by atoms with Gasteiger partial charge in [-0.2, -0.15) is 5.26 Å². The second-order valence-corrected chi connectivity index (χ2v) is 32.9. The Morgan fingerprint density at radius 3 is 1.11 bits per heavy atom. The average molecular weight is 2510 g/mol. The molecule has 0 aliphatic carbocycles. The number of phenolic OH excluding ortho intramolecular Hbond substituents is 6. The van der Waals surface area contributed by atoms with E-state index in [-0.39, 0.29) is 47.7 Å². The number of halogens is 12. The Hall–Kier alpha value is -2.70. The number of rotatable bonds is 4. The molecule has 0 aliphatic rings. The standard InChI is InChI=1S/C11H8Br2N2O.C11H8I2N2O.C11H9I2NO2.C11H7I2NO2.C10H4I2N2O.C10H7I2NO.CH4/c2*1-5(14)9-3-2-6-7(12)4-8(13)11(16)10(6)15-9;2*1-5(15)9-3-2-6-7(12)4-8(13)11(16)10(6)14-9;11-7-3-8(12)10(15)9-6(7)2-1-5(4-13)14-9;1-5-2-3-6-7(11)4-8(12)10(14)9(6)13-5;/h2*2-4,14,16H,1H3;2-5,15-16H,1H3;2-4,16H,1H3;1-3,15H;2-4,14H,1H3;1H4. The number of benzene rings is 6. The minimum absolute atomic E-state index is 0. The molecule has 0 aliphatic heterocycles. The van der Waals surface area contributed by atoms with Crippen LogP contribution in [0.1, 0.15) is 80.2 Å². The fourth-order valence-corrected chi connectivity index (χ4v) is 19.1. The predicted molar refractivity (Wildman–Crippen MR) is 465 cm³/mol. The number of nitrogens with one attached hydrogen (secondary N) is 2. The molecule has 6 aromatic heterocycles. The van der Waals surface area contributed by atoms with Gasteiger partial charge in [-0.15, -0.1) is 0 Å². The van der Waals surface area contributed by atoms with Crippen molar-refractivity contribution in [1.29, 1.82) is 16.1 Å². The number of hydrogen-bond acceptors (Lipinski definition) is 17. The fourth-order valence-electron chi connectivity index (χ4n) is 8.24. The summed E-state index contributed by atoms with van der Waals surface area (Å²) in [6.45, 7) is 8.39. The zero-order valence-electron chi connectivity index (χ0n) is 48.2. The quantitative estimate of drug-likeness (QED) is 0.0449. The third kappa shape index (κ3) is 19.4. The van der Waals surface area contributed by atoms with E-state index in [9.17, 15) is 40.5 Å². The summed E-state index contributed by atoms with van der Waals surface area (Å²) in [5, 5.41) is 98.0. The number of ketones is 1. The Morgan fingerprint density at radius 1 is 0.426 bits per heavy atom. The maximum Gasteiger partial charge on any atom is 0.178 e. The number of hydrogen-bond donors (Lipinski definition) is 9. The molecule has 6 heterocycles. The summed E-state index contributed by atoms with van der Waals surface area (Å²) in [5.41, 5.74) is 7.40. The number of aromatic hydroxyl groups is 6. The second-order valence-electron chi connectivity index (χ2n) is 19.6. The van der Waals surface area contributed by atoms with Crippen LogP contribution in [-0.2, 0) is 0 Å². The van der Waals surface area contributed by atoms with E-state index in [0.717, 1.165) is 78.2 Å². The molecule has 12 aromatic rings. The molecule has 0 radical (unpaired) electrons. The average Bonchev–Trinajstić information content (AvgIpc) is 0.994. The molecule has 94 heavy (non-hydrogen) atoms. The highest BCUT2D eigenvalue weighted by atomic mass is 127. The van der Waals surface area contributed by atoms with Gasteiger partial charge in [-0.25, -0.2) is 29.9 Å². The van der Waals surface area contributed by atoms with Gasteiger partial charge < -0.3 is 46.6 Å². The molecule has 484 valence electrons. The van der Waals surface area contributed by atoms with Crippen LogP contribution in [0.2, 0.25) is 0 Å². The van der Waals surface area contributed by atoms with Crippen molar-refractivity contribution in [3.8, 4) is 40.6 Å². The number of carbonyl (C=O) groups is 1. The van der Waals surface area contributed by atoms with E-state index in [4.69, 9.17) is 16.1 Å². The molecule has 0 fully saturated rings. The van der Waals surface area contributed by atoms with Gasteiger partial charge in [0.1, 0.15) is 50.6 Å². The number of aryl methyl sites for hydroxylation is 1. The topological polar surface area (TPSA) is 308 Å². The minimum Gasteiger partial charge on any atom is -0.505 e. The van der Waals surface area contributed by atoms with E-state index in [1.165, 1.54) is 6.92 Å². The number of nitrogens with zero attached hydrogens (tertiary/aromatic N) is 7. The van der Waals surface area contributed by atoms with Gasteiger partial charge in [-0.05, 0) is 379 Å². The Labute approximate surface area is 692 Å². The van der Waals surface area contributed by atoms with Gasteiger partial charge in [0.2, 0.25) is 0 Å². The number of pyridine rings is 6. The number of aliphatic hydroxyl groups excluding tert-OH is 1. The number of fused-ring (bicyclic) bond motifs is 6. The van der Waals surface area contributed by atoms with Crippen LogP contribution in [0.25, 0.3) is 65.4 Å². The van der Waals surface area contributed by atoms with Crippen LogP contribution in [0.4, 0.5) is 0 Å². The third-order valence-electron chi connectivity index (χ3n) is 13.0. The Morgan fingerprint density at radius 2 is 0.734 bits per heavy atom. The molecule has 6 aromatic carbocycles. The van der Waals surface area contributed by atoms with E-state index in [0.29, 0.717) is 77.5 Å². The van der Waals surface area contributed by atoms with Crippen LogP contribution in [0.5, 0.6) is 34.5 Å². The lowest BCUT2D eigenvalue weighted by molar-refractivity contribution is 0.101. The van der Waals surface area contributed by atoms with Crippen LogP contribution in [0, 0.1) is 64.8 Å². The summed E-state index contributed by atoms with van der Waals surface area (Å²) in [5.74, 6) is 0.932. The summed E-state index contributed by atoms with van der Waals surface area (Å²) in [7, 11) is 0. The van der Waals surface area contributed by atoms with Crippen molar-refractivity contribution in [2.24, 2.45) is 0 Å². The molecule has 1 atom stereocenters. The summed E-state index contributed by atoms with van der Waals surface area (Å²) in [6, 6.07) is 35.1. The lowest BCUT2D eigenvalue weighted by Crippen LogP contribution is -1.97. The maximum absolute atomic E-state index is 11.2. The van der Waals surface area contributed by atoms with E-state index in [1.54, 1.807) is 63.2 Å². The van der Waals surface area contributed by atoms with Gasteiger partial charge in [0.05, 0.1) is 56.9 Å². The second kappa shape index (κ2) is 35.6. The van der Waals surface area contributed by atoms with Gasteiger partial charge in [0.15, 0.2) is 40.3 Å². The van der Waals surface area contributed by atoms with Crippen LogP contribution in [0.15, 0.2) is 118 Å². The van der Waals surface area contributed by atoms with E-state index < -0.39 is 6.10 Å². The Balaban J connectivity index is 0.000000178. The Kier molecular flexibility index (Phi) is 30.4. The number of Topliss-reactive ketones (excluding diaryl/α,β-unsaturated/α-hetero) is 1. The highest BCUT2D eigenvalue weighted by molar-refractivity contribution is 14.1. The molecular weight excluding hydrogens is 2460 g/mol. The summed E-state index contributed by atoms with van der Waals surface area (Å²) in [4.78, 5) is 36.7. The van der Waals surface area contributed by atoms with Crippen molar-refractivity contribution >= 4 is 340 Å². The number of aromatic nitrogens is 6. The highest BCUT2D eigenvalue weighted by Crippen LogP contribution is 2.39. The van der Waals surface area contributed by atoms with E-state index >= 15 is 0 Å². The van der Waals surface area contributed by atoms with Crippen molar-refractivity contribution in [2.45, 2.75) is 48.1 Å². The molecule has 17 nitrogen and oxygen atoms in total. The lowest BCUT2D eigenvalue weighted by Gasteiger charge is -2.09. The molecule has 9 N–H and O–H groups in total. The zero-order chi connectivity index (χ0) is 68.8. The Bertz CT molecular complexity index is 4810. The van der Waals surface area contributed by atoms with Gasteiger partial charge in [-0.3, -0.25) is 4.79 Å². The highest BCUT2D eigenvalue weighted by Gasteiger charge is 2.17. The number of aliphatic hydroxyl groups is 1. The largest absolute Gasteiger partial charge is 0.505 e. The molecule has 1 unspecified atom stereocenters.